The van der Waals surface area contributed by atoms with Gasteiger partial charge in [-0.25, -0.2) is 9.18 Å². The van der Waals surface area contributed by atoms with Crippen LogP contribution in [-0.4, -0.2) is 22.7 Å². The zero-order valence-electron chi connectivity index (χ0n) is 8.20. The Hall–Kier alpha value is -1.46. The highest BCUT2D eigenvalue weighted by molar-refractivity contribution is 5.84. The lowest BCUT2D eigenvalue weighted by atomic mass is 10.2. The molecule has 0 aromatic carbocycles. The smallest absolute Gasteiger partial charge is 0.379 e. The highest BCUT2D eigenvalue weighted by Crippen LogP contribution is 2.22. The van der Waals surface area contributed by atoms with E-state index in [0.29, 0.717) is 0 Å². The molecule has 0 radical (unpaired) electrons. The summed E-state index contributed by atoms with van der Waals surface area (Å²) in [6.07, 6.45) is 0. The number of hydrogen-bond acceptors (Lipinski definition) is 5. The number of carbonyl (C=O) groups excluding carboxylic acids is 1. The van der Waals surface area contributed by atoms with E-state index in [0.717, 1.165) is 0 Å². The van der Waals surface area contributed by atoms with Gasteiger partial charge in [0.2, 0.25) is 0 Å². The number of carbonyl (C=O) groups is 1. The number of hydrogen-bond donors (Lipinski definition) is 0. The molecule has 0 amide bonds. The summed E-state index contributed by atoms with van der Waals surface area (Å²) in [4.78, 5) is 14.6. The molecule has 0 aliphatic rings. The van der Waals surface area contributed by atoms with Crippen molar-refractivity contribution in [2.24, 2.45) is 0 Å². The lowest BCUT2D eigenvalue weighted by molar-refractivity contribution is 0.0508. The van der Waals surface area contributed by atoms with Crippen molar-refractivity contribution >= 4 is 5.97 Å². The Bertz CT molecular complexity index is 330. The second-order valence-corrected chi connectivity index (χ2v) is 3.12. The van der Waals surface area contributed by atoms with E-state index in [4.69, 9.17) is 0 Å². The summed E-state index contributed by atoms with van der Waals surface area (Å²) < 4.78 is 22.4. The van der Waals surface area contributed by atoms with E-state index in [1.807, 2.05) is 0 Å². The molecule has 6 heteroatoms. The molecule has 1 rings (SSSR count). The van der Waals surface area contributed by atoms with Gasteiger partial charge in [-0.3, -0.25) is 0 Å². The second kappa shape index (κ2) is 3.73. The van der Waals surface area contributed by atoms with Gasteiger partial charge in [0.25, 0.3) is 11.7 Å². The highest BCUT2D eigenvalue weighted by Gasteiger charge is 2.28. The average Bonchev–Trinajstić information content (AvgIpc) is 2.51. The van der Waals surface area contributed by atoms with E-state index < -0.39 is 11.6 Å². The number of aromatic nitrogens is 2. The molecular formula is C8H11FN2O3. The molecule has 1 aromatic heterocycles. The van der Waals surface area contributed by atoms with Crippen LogP contribution in [0.15, 0.2) is 4.52 Å². The molecule has 14 heavy (non-hydrogen) atoms. The first kappa shape index (κ1) is 10.6. The number of rotatable bonds is 3. The lowest BCUT2D eigenvalue weighted by Crippen LogP contribution is -2.11. The molecule has 0 atom stereocenters. The Morgan fingerprint density at radius 3 is 2.71 bits per heavy atom. The minimum atomic E-state index is -1.75. The molecule has 0 aliphatic carbocycles. The Labute approximate surface area is 80.2 Å². The minimum Gasteiger partial charge on any atom is -0.460 e. The van der Waals surface area contributed by atoms with Crippen molar-refractivity contribution in [2.75, 3.05) is 6.61 Å². The Morgan fingerprint density at radius 2 is 2.29 bits per heavy atom. The van der Waals surface area contributed by atoms with Crippen LogP contribution >= 0.6 is 0 Å². The summed E-state index contributed by atoms with van der Waals surface area (Å²) in [5.74, 6) is -1.21. The van der Waals surface area contributed by atoms with Crippen molar-refractivity contribution in [3.63, 3.8) is 0 Å². The van der Waals surface area contributed by atoms with E-state index in [-0.39, 0.29) is 18.3 Å². The predicted octanol–water partition coefficient (Wildman–Crippen LogP) is 1.45. The Balaban J connectivity index is 2.83. The zero-order valence-corrected chi connectivity index (χ0v) is 8.20. The van der Waals surface area contributed by atoms with E-state index in [1.54, 1.807) is 6.92 Å². The summed E-state index contributed by atoms with van der Waals surface area (Å²) in [5.41, 5.74) is -1.75. The van der Waals surface area contributed by atoms with Crippen LogP contribution < -0.4 is 0 Å². The minimum absolute atomic E-state index is 0.210. The summed E-state index contributed by atoms with van der Waals surface area (Å²) in [6.45, 7) is 4.38. The van der Waals surface area contributed by atoms with Crippen LogP contribution in [0.4, 0.5) is 4.39 Å². The summed E-state index contributed by atoms with van der Waals surface area (Å²) in [7, 11) is 0. The van der Waals surface area contributed by atoms with Gasteiger partial charge in [0.1, 0.15) is 0 Å². The maximum atomic E-state index is 13.2. The quantitative estimate of drug-likeness (QED) is 0.694. The van der Waals surface area contributed by atoms with Crippen LogP contribution in [0.1, 0.15) is 37.3 Å². The molecule has 0 saturated heterocycles. The summed E-state index contributed by atoms with van der Waals surface area (Å²) in [5, 5.41) is 3.30. The van der Waals surface area contributed by atoms with E-state index in [1.165, 1.54) is 13.8 Å². The number of ether oxygens (including phenoxy) is 1. The van der Waals surface area contributed by atoms with E-state index >= 15 is 0 Å². The first-order chi connectivity index (χ1) is 6.45. The van der Waals surface area contributed by atoms with Crippen molar-refractivity contribution in [1.82, 2.24) is 10.1 Å². The Morgan fingerprint density at radius 1 is 1.64 bits per heavy atom. The summed E-state index contributed by atoms with van der Waals surface area (Å²) >= 11 is 0. The fraction of sp³-hybridized carbons (Fsp3) is 0.625. The van der Waals surface area contributed by atoms with E-state index in [9.17, 15) is 9.18 Å². The molecule has 0 fully saturated rings. The Kier molecular flexibility index (Phi) is 2.83. The molecule has 5 nitrogen and oxygen atoms in total. The number of halogens is 1. The number of nitrogens with zero attached hydrogens (tertiary/aromatic N) is 2. The SMILES string of the molecule is CCOC(=O)c1noc(C(C)(C)F)n1. The highest BCUT2D eigenvalue weighted by atomic mass is 19.1. The van der Waals surface area contributed by atoms with Gasteiger partial charge < -0.3 is 9.26 Å². The first-order valence-electron chi connectivity index (χ1n) is 4.15. The zero-order chi connectivity index (χ0) is 10.8. The predicted molar refractivity (Wildman–Crippen MR) is 44.4 cm³/mol. The van der Waals surface area contributed by atoms with Crippen molar-refractivity contribution in [3.05, 3.63) is 11.7 Å². The molecule has 0 bridgehead atoms. The van der Waals surface area contributed by atoms with Crippen molar-refractivity contribution in [1.29, 1.82) is 0 Å². The van der Waals surface area contributed by atoms with Crippen LogP contribution in [-0.2, 0) is 10.4 Å². The van der Waals surface area contributed by atoms with Gasteiger partial charge in [-0.15, -0.1) is 0 Å². The van der Waals surface area contributed by atoms with Gasteiger partial charge in [-0.05, 0) is 25.9 Å². The van der Waals surface area contributed by atoms with Crippen LogP contribution in [0.25, 0.3) is 0 Å². The van der Waals surface area contributed by atoms with Crippen LogP contribution in [0, 0.1) is 0 Å². The standard InChI is InChI=1S/C8H11FN2O3/c1-4-13-6(12)5-10-7(14-11-5)8(2,3)9/h4H2,1-3H3. The van der Waals surface area contributed by atoms with Gasteiger partial charge >= 0.3 is 5.97 Å². The average molecular weight is 202 g/mol. The molecule has 0 spiro atoms. The van der Waals surface area contributed by atoms with Gasteiger partial charge in [-0.1, -0.05) is 0 Å². The monoisotopic (exact) mass is 202 g/mol. The summed E-state index contributed by atoms with van der Waals surface area (Å²) in [6, 6.07) is 0. The largest absolute Gasteiger partial charge is 0.460 e. The topological polar surface area (TPSA) is 65.2 Å². The van der Waals surface area contributed by atoms with Crippen LogP contribution in [0.5, 0.6) is 0 Å². The van der Waals surface area contributed by atoms with Gasteiger partial charge in [0, 0.05) is 0 Å². The molecule has 1 heterocycles. The van der Waals surface area contributed by atoms with Crippen molar-refractivity contribution in [3.8, 4) is 0 Å². The van der Waals surface area contributed by atoms with Gasteiger partial charge in [0.05, 0.1) is 6.61 Å². The molecule has 0 aliphatic heterocycles. The molecule has 0 saturated carbocycles. The third-order valence-corrected chi connectivity index (χ3v) is 1.39. The molecule has 78 valence electrons. The lowest BCUT2D eigenvalue weighted by Gasteiger charge is -2.05. The number of esters is 1. The maximum absolute atomic E-state index is 13.2. The first-order valence-corrected chi connectivity index (χ1v) is 4.15. The molecule has 0 unspecified atom stereocenters. The van der Waals surface area contributed by atoms with Gasteiger partial charge in [0.15, 0.2) is 5.67 Å². The van der Waals surface area contributed by atoms with Crippen molar-refractivity contribution < 1.29 is 18.4 Å². The van der Waals surface area contributed by atoms with Crippen LogP contribution in [0.3, 0.4) is 0 Å². The van der Waals surface area contributed by atoms with Crippen LogP contribution in [0.2, 0.25) is 0 Å². The number of alkyl halides is 1. The molecule has 0 N–H and O–H groups in total. The third-order valence-electron chi connectivity index (χ3n) is 1.39. The van der Waals surface area contributed by atoms with E-state index in [2.05, 4.69) is 19.4 Å². The molecular weight excluding hydrogens is 191 g/mol. The van der Waals surface area contributed by atoms with Crippen molar-refractivity contribution in [2.45, 2.75) is 26.4 Å². The second-order valence-electron chi connectivity index (χ2n) is 3.12. The third kappa shape index (κ3) is 2.27. The normalized spacial score (nSPS) is 11.4. The molecule has 1 aromatic rings. The van der Waals surface area contributed by atoms with Gasteiger partial charge in [-0.2, -0.15) is 4.98 Å². The fourth-order valence-corrected chi connectivity index (χ4v) is 0.744. The maximum Gasteiger partial charge on any atom is 0.379 e. The fourth-order valence-electron chi connectivity index (χ4n) is 0.744.